The molecule has 3 heteroatoms. The second-order valence-corrected chi connectivity index (χ2v) is 6.80. The van der Waals surface area contributed by atoms with E-state index in [9.17, 15) is 4.79 Å². The molecule has 0 aromatic heterocycles. The number of hydrogen-bond acceptors (Lipinski definition) is 1. The van der Waals surface area contributed by atoms with Gasteiger partial charge in [-0.15, -0.1) is 0 Å². The van der Waals surface area contributed by atoms with Crippen LogP contribution in [0.25, 0.3) is 0 Å². The third kappa shape index (κ3) is 2.59. The van der Waals surface area contributed by atoms with E-state index >= 15 is 0 Å². The Labute approximate surface area is 127 Å². The van der Waals surface area contributed by atoms with Crippen LogP contribution in [0.5, 0.6) is 0 Å². The molecule has 1 aromatic rings. The number of hydrogen-bond donors (Lipinski definition) is 1. The number of likely N-dealkylation sites (N-methyl/N-ethyl adjacent to an activating group) is 1. The highest BCUT2D eigenvalue weighted by molar-refractivity contribution is 5.96. The summed E-state index contributed by atoms with van der Waals surface area (Å²) in [6, 6.07) is 7.02. The van der Waals surface area contributed by atoms with Crippen LogP contribution in [0.3, 0.4) is 0 Å². The summed E-state index contributed by atoms with van der Waals surface area (Å²) in [6.07, 6.45) is 3.90. The largest absolute Gasteiger partial charge is 0.337 e. The number of aryl methyl sites for hydroxylation is 1. The highest BCUT2D eigenvalue weighted by atomic mass is 16.2. The van der Waals surface area contributed by atoms with E-state index in [0.29, 0.717) is 24.3 Å². The van der Waals surface area contributed by atoms with Gasteiger partial charge in [0, 0.05) is 18.5 Å². The van der Waals surface area contributed by atoms with Crippen LogP contribution in [0.1, 0.15) is 49.7 Å². The third-order valence-corrected chi connectivity index (χ3v) is 5.09. The van der Waals surface area contributed by atoms with Gasteiger partial charge in [-0.2, -0.15) is 0 Å². The lowest BCUT2D eigenvalue weighted by Crippen LogP contribution is -3.11. The number of nitrogens with zero attached hydrogens (tertiary/aromatic N) is 1. The van der Waals surface area contributed by atoms with Crippen molar-refractivity contribution in [2.75, 3.05) is 25.0 Å². The Hall–Kier alpha value is -1.35. The number of nitrogens with one attached hydrogen (secondary N) is 1. The molecule has 114 valence electrons. The summed E-state index contributed by atoms with van der Waals surface area (Å²) >= 11 is 0. The molecule has 1 amide bonds. The van der Waals surface area contributed by atoms with Gasteiger partial charge >= 0.3 is 0 Å². The number of piperidine rings is 1. The molecule has 0 saturated carbocycles. The number of quaternary nitrogens is 1. The van der Waals surface area contributed by atoms with Gasteiger partial charge in [0.05, 0.1) is 32.1 Å². The molecule has 1 saturated heterocycles. The fourth-order valence-corrected chi connectivity index (χ4v) is 3.97. The minimum Gasteiger partial charge on any atom is -0.337 e. The highest BCUT2D eigenvalue weighted by Crippen LogP contribution is 2.43. The van der Waals surface area contributed by atoms with Gasteiger partial charge in [-0.1, -0.05) is 31.0 Å². The lowest BCUT2D eigenvalue weighted by atomic mass is 9.89. The minimum atomic E-state index is 0.328. The first-order valence-electron chi connectivity index (χ1n) is 8.35. The molecule has 3 atom stereocenters. The van der Waals surface area contributed by atoms with Crippen molar-refractivity contribution in [2.24, 2.45) is 0 Å². The average Bonchev–Trinajstić information content (AvgIpc) is 2.78. The fraction of sp³-hybridized carbons (Fsp3) is 0.611. The summed E-state index contributed by atoms with van der Waals surface area (Å²) in [5, 5.41) is 0. The number of benzene rings is 1. The van der Waals surface area contributed by atoms with Crippen molar-refractivity contribution in [1.29, 1.82) is 0 Å². The second-order valence-electron chi connectivity index (χ2n) is 6.80. The summed E-state index contributed by atoms with van der Waals surface area (Å²) in [6.45, 7) is 6.62. The number of unbranched alkanes of at least 4 members (excludes halogenated alkanes) is 1. The zero-order valence-corrected chi connectivity index (χ0v) is 13.5. The summed E-state index contributed by atoms with van der Waals surface area (Å²) in [4.78, 5) is 16.4. The van der Waals surface area contributed by atoms with Crippen molar-refractivity contribution in [3.63, 3.8) is 0 Å². The quantitative estimate of drug-likeness (QED) is 0.902. The first-order valence-corrected chi connectivity index (χ1v) is 8.35. The van der Waals surface area contributed by atoms with Crippen LogP contribution in [-0.4, -0.2) is 32.1 Å². The van der Waals surface area contributed by atoms with Gasteiger partial charge in [0.1, 0.15) is 0 Å². The van der Waals surface area contributed by atoms with Crippen LogP contribution < -0.4 is 9.80 Å². The number of carbonyl (C=O) groups is 1. The smallest absolute Gasteiger partial charge is 0.227 e. The van der Waals surface area contributed by atoms with E-state index in [0.717, 1.165) is 25.8 Å². The van der Waals surface area contributed by atoms with Crippen LogP contribution in [0.4, 0.5) is 5.69 Å². The first kappa shape index (κ1) is 14.6. The number of anilines is 1. The number of amides is 1. The van der Waals surface area contributed by atoms with Crippen molar-refractivity contribution < 1.29 is 9.69 Å². The third-order valence-electron chi connectivity index (χ3n) is 5.09. The Kier molecular flexibility index (Phi) is 4.03. The topological polar surface area (TPSA) is 24.8 Å². The van der Waals surface area contributed by atoms with Gasteiger partial charge < -0.3 is 9.80 Å². The number of rotatable bonds is 3. The molecule has 1 aromatic carbocycles. The van der Waals surface area contributed by atoms with Crippen molar-refractivity contribution >= 4 is 11.6 Å². The van der Waals surface area contributed by atoms with Crippen LogP contribution in [0, 0.1) is 6.92 Å². The lowest BCUT2D eigenvalue weighted by molar-refractivity contribution is -0.886. The first-order chi connectivity index (χ1) is 10.1. The van der Waals surface area contributed by atoms with Crippen molar-refractivity contribution in [3.05, 3.63) is 29.3 Å². The maximum absolute atomic E-state index is 12.7. The standard InChI is InChI=1S/C18H26N2O/c1-4-5-6-18(21)20-16-8-7-13(2)11-14(16)15-12-19(3)10-9-17(15)20/h7-8,11,15,17H,4-6,9-10,12H2,1-3H3/p+1/t15-,17-/m1/s1. The van der Waals surface area contributed by atoms with Gasteiger partial charge in [0.2, 0.25) is 5.91 Å². The van der Waals surface area contributed by atoms with Gasteiger partial charge in [-0.05, 0) is 25.0 Å². The summed E-state index contributed by atoms with van der Waals surface area (Å²) in [5.41, 5.74) is 3.90. The zero-order chi connectivity index (χ0) is 15.0. The van der Waals surface area contributed by atoms with Crippen LogP contribution in [-0.2, 0) is 4.79 Å². The maximum Gasteiger partial charge on any atom is 0.227 e. The molecule has 21 heavy (non-hydrogen) atoms. The Morgan fingerprint density at radius 3 is 3.00 bits per heavy atom. The molecule has 0 radical (unpaired) electrons. The van der Waals surface area contributed by atoms with Crippen LogP contribution in [0.15, 0.2) is 18.2 Å². The van der Waals surface area contributed by atoms with E-state index in [-0.39, 0.29) is 0 Å². The highest BCUT2D eigenvalue weighted by Gasteiger charge is 2.45. The van der Waals surface area contributed by atoms with E-state index in [1.807, 2.05) is 0 Å². The molecule has 1 N–H and O–H groups in total. The number of likely N-dealkylation sites (tertiary alicyclic amines) is 1. The molecule has 2 aliphatic heterocycles. The van der Waals surface area contributed by atoms with E-state index in [1.54, 1.807) is 4.90 Å². The molecule has 2 aliphatic rings. The van der Waals surface area contributed by atoms with E-state index in [1.165, 1.54) is 23.4 Å². The summed E-state index contributed by atoms with van der Waals surface area (Å²) in [7, 11) is 2.27. The van der Waals surface area contributed by atoms with Crippen LogP contribution >= 0.6 is 0 Å². The SMILES string of the molecule is CCCCC(=O)N1c2ccc(C)cc2[C@H]2C[NH+](C)CC[C@H]21. The monoisotopic (exact) mass is 287 g/mol. The molecule has 2 heterocycles. The molecular weight excluding hydrogens is 260 g/mol. The van der Waals surface area contributed by atoms with Crippen molar-refractivity contribution in [3.8, 4) is 0 Å². The lowest BCUT2D eigenvalue weighted by Gasteiger charge is -2.34. The van der Waals surface area contributed by atoms with Gasteiger partial charge in [0.15, 0.2) is 0 Å². The summed E-state index contributed by atoms with van der Waals surface area (Å²) < 4.78 is 0. The molecular formula is C18H27N2O+. The van der Waals surface area contributed by atoms with Gasteiger partial charge in [-0.3, -0.25) is 4.79 Å². The van der Waals surface area contributed by atoms with E-state index < -0.39 is 0 Å². The molecule has 0 spiro atoms. The second kappa shape index (κ2) is 5.80. The Bertz CT molecular complexity index is 540. The predicted octanol–water partition coefficient (Wildman–Crippen LogP) is 1.90. The Balaban J connectivity index is 1.95. The molecule has 0 bridgehead atoms. The predicted molar refractivity (Wildman–Crippen MR) is 86.0 cm³/mol. The molecule has 0 aliphatic carbocycles. The molecule has 3 nitrogen and oxygen atoms in total. The Morgan fingerprint density at radius 2 is 2.24 bits per heavy atom. The normalized spacial score (nSPS) is 27.4. The fourth-order valence-electron chi connectivity index (χ4n) is 3.97. The van der Waals surface area contributed by atoms with Crippen molar-refractivity contribution in [2.45, 2.75) is 51.5 Å². The maximum atomic E-state index is 12.7. The van der Waals surface area contributed by atoms with Crippen LogP contribution in [0.2, 0.25) is 0 Å². The Morgan fingerprint density at radius 1 is 1.43 bits per heavy atom. The number of fused-ring (bicyclic) bond motifs is 3. The van der Waals surface area contributed by atoms with E-state index in [2.05, 4.69) is 44.0 Å². The van der Waals surface area contributed by atoms with E-state index in [4.69, 9.17) is 0 Å². The molecule has 1 fully saturated rings. The number of carbonyl (C=O) groups excluding carboxylic acids is 1. The molecule has 3 rings (SSSR count). The zero-order valence-electron chi connectivity index (χ0n) is 13.5. The minimum absolute atomic E-state index is 0.328. The van der Waals surface area contributed by atoms with Gasteiger partial charge in [0.25, 0.3) is 0 Å². The average molecular weight is 287 g/mol. The van der Waals surface area contributed by atoms with Gasteiger partial charge in [-0.25, -0.2) is 0 Å². The molecule has 1 unspecified atom stereocenters. The van der Waals surface area contributed by atoms with Crippen molar-refractivity contribution in [1.82, 2.24) is 0 Å². The summed E-state index contributed by atoms with van der Waals surface area (Å²) in [5.74, 6) is 0.855.